The van der Waals surface area contributed by atoms with E-state index in [4.69, 9.17) is 4.74 Å². The van der Waals surface area contributed by atoms with Crippen molar-refractivity contribution in [3.8, 4) is 5.75 Å². The smallest absolute Gasteiger partial charge is 0.122 e. The van der Waals surface area contributed by atoms with Gasteiger partial charge in [-0.2, -0.15) is 0 Å². The van der Waals surface area contributed by atoms with Crippen LogP contribution in [0.2, 0.25) is 0 Å². The Bertz CT molecular complexity index is 445. The molecule has 0 bridgehead atoms. The number of hydrogen-bond donors (Lipinski definition) is 1. The molecule has 3 heteroatoms. The van der Waals surface area contributed by atoms with Gasteiger partial charge in [0.25, 0.3) is 0 Å². The van der Waals surface area contributed by atoms with Gasteiger partial charge in [-0.3, -0.25) is 0 Å². The second-order valence-corrected chi connectivity index (χ2v) is 7.85. The summed E-state index contributed by atoms with van der Waals surface area (Å²) in [6, 6.07) is 6.77. The third-order valence-corrected chi connectivity index (χ3v) is 4.89. The summed E-state index contributed by atoms with van der Waals surface area (Å²) in [6.07, 6.45) is 5.17. The molecule has 0 spiro atoms. The molecule has 112 valence electrons. The number of ether oxygens (including phenoxy) is 1. The minimum absolute atomic E-state index is 0.448. The summed E-state index contributed by atoms with van der Waals surface area (Å²) < 4.78 is 6.37. The zero-order chi connectivity index (χ0) is 14.8. The Morgan fingerprint density at radius 1 is 1.10 bits per heavy atom. The molecule has 2 nitrogen and oxygen atoms in total. The lowest BCUT2D eigenvalue weighted by atomic mass is 9.71. The first-order valence-electron chi connectivity index (χ1n) is 7.49. The van der Waals surface area contributed by atoms with Crippen LogP contribution in [0.1, 0.15) is 46.5 Å². The molecule has 1 fully saturated rings. The van der Waals surface area contributed by atoms with Crippen LogP contribution in [-0.4, -0.2) is 13.2 Å². The standard InChI is InChI=1S/C17H26BrNO/c1-17(2,3)12-5-7-14(8-6-12)19-15-9-13(18)10-16(11-15)20-4/h9-12,14,19H,5-8H2,1-4H3. The maximum Gasteiger partial charge on any atom is 0.122 e. The molecule has 1 aromatic rings. The van der Waals surface area contributed by atoms with E-state index in [2.05, 4.69) is 54.2 Å². The highest BCUT2D eigenvalue weighted by Crippen LogP contribution is 2.38. The molecule has 0 radical (unpaired) electrons. The third kappa shape index (κ3) is 4.15. The molecule has 1 N–H and O–H groups in total. The number of benzene rings is 1. The predicted octanol–water partition coefficient (Wildman–Crippen LogP) is 5.47. The minimum atomic E-state index is 0.448. The molecule has 0 amide bonds. The summed E-state index contributed by atoms with van der Waals surface area (Å²) in [5.74, 6) is 1.75. The molecule has 0 saturated heterocycles. The van der Waals surface area contributed by atoms with Crippen LogP contribution in [0.15, 0.2) is 22.7 Å². The molecule has 1 aromatic carbocycles. The number of halogens is 1. The van der Waals surface area contributed by atoms with Gasteiger partial charge >= 0.3 is 0 Å². The topological polar surface area (TPSA) is 21.3 Å². The fourth-order valence-corrected chi connectivity index (χ4v) is 3.58. The Hall–Kier alpha value is -0.700. The number of methoxy groups -OCH3 is 1. The van der Waals surface area contributed by atoms with Gasteiger partial charge in [0.1, 0.15) is 5.75 Å². The second kappa shape index (κ2) is 6.38. The van der Waals surface area contributed by atoms with E-state index >= 15 is 0 Å². The Kier molecular flexibility index (Phi) is 5.00. The first-order valence-corrected chi connectivity index (χ1v) is 8.29. The normalized spacial score (nSPS) is 23.4. The summed E-state index contributed by atoms with van der Waals surface area (Å²) in [5, 5.41) is 3.66. The van der Waals surface area contributed by atoms with Crippen molar-refractivity contribution >= 4 is 21.6 Å². The summed E-state index contributed by atoms with van der Waals surface area (Å²) >= 11 is 3.53. The van der Waals surface area contributed by atoms with Crippen molar-refractivity contribution in [2.24, 2.45) is 11.3 Å². The lowest BCUT2D eigenvalue weighted by Crippen LogP contribution is -2.31. The van der Waals surface area contributed by atoms with Gasteiger partial charge in [-0.25, -0.2) is 0 Å². The van der Waals surface area contributed by atoms with Crippen molar-refractivity contribution in [2.75, 3.05) is 12.4 Å². The van der Waals surface area contributed by atoms with Crippen LogP contribution in [0.5, 0.6) is 5.75 Å². The van der Waals surface area contributed by atoms with Gasteiger partial charge < -0.3 is 10.1 Å². The first kappa shape index (κ1) is 15.7. The number of rotatable bonds is 3. The van der Waals surface area contributed by atoms with Crippen LogP contribution in [0.25, 0.3) is 0 Å². The van der Waals surface area contributed by atoms with Gasteiger partial charge in [0.05, 0.1) is 7.11 Å². The van der Waals surface area contributed by atoms with Crippen molar-refractivity contribution < 1.29 is 4.74 Å². The average molecular weight is 340 g/mol. The SMILES string of the molecule is COc1cc(Br)cc(NC2CCC(C(C)(C)C)CC2)c1. The summed E-state index contributed by atoms with van der Waals surface area (Å²) in [6.45, 7) is 7.10. The summed E-state index contributed by atoms with van der Waals surface area (Å²) in [7, 11) is 1.71. The molecule has 20 heavy (non-hydrogen) atoms. The highest BCUT2D eigenvalue weighted by Gasteiger charge is 2.29. The van der Waals surface area contributed by atoms with E-state index in [0.717, 1.165) is 21.8 Å². The number of anilines is 1. The Morgan fingerprint density at radius 3 is 2.30 bits per heavy atom. The first-order chi connectivity index (χ1) is 9.38. The minimum Gasteiger partial charge on any atom is -0.497 e. The van der Waals surface area contributed by atoms with Crippen LogP contribution in [0.4, 0.5) is 5.69 Å². The lowest BCUT2D eigenvalue weighted by molar-refractivity contribution is 0.173. The van der Waals surface area contributed by atoms with E-state index in [1.807, 2.05) is 6.07 Å². The zero-order valence-electron chi connectivity index (χ0n) is 13.0. The van der Waals surface area contributed by atoms with Crippen LogP contribution < -0.4 is 10.1 Å². The largest absolute Gasteiger partial charge is 0.497 e. The van der Waals surface area contributed by atoms with Gasteiger partial charge in [-0.05, 0) is 49.1 Å². The van der Waals surface area contributed by atoms with Gasteiger partial charge in [0.15, 0.2) is 0 Å². The van der Waals surface area contributed by atoms with Crippen molar-refractivity contribution in [1.29, 1.82) is 0 Å². The van der Waals surface area contributed by atoms with E-state index in [9.17, 15) is 0 Å². The van der Waals surface area contributed by atoms with Crippen LogP contribution in [0, 0.1) is 11.3 Å². The molecule has 0 aromatic heterocycles. The maximum atomic E-state index is 5.32. The van der Waals surface area contributed by atoms with Gasteiger partial charge in [-0.1, -0.05) is 36.7 Å². The van der Waals surface area contributed by atoms with E-state index in [1.54, 1.807) is 7.11 Å². The van der Waals surface area contributed by atoms with E-state index in [1.165, 1.54) is 25.7 Å². The molecule has 0 heterocycles. The average Bonchev–Trinajstić information content (AvgIpc) is 2.37. The Morgan fingerprint density at radius 2 is 1.75 bits per heavy atom. The van der Waals surface area contributed by atoms with E-state index in [0.29, 0.717) is 11.5 Å². The molecular formula is C17H26BrNO. The second-order valence-electron chi connectivity index (χ2n) is 6.94. The van der Waals surface area contributed by atoms with Crippen LogP contribution in [-0.2, 0) is 0 Å². The van der Waals surface area contributed by atoms with Crippen molar-refractivity contribution in [3.63, 3.8) is 0 Å². The lowest BCUT2D eigenvalue weighted by Gasteiger charge is -2.37. The molecule has 1 aliphatic carbocycles. The van der Waals surface area contributed by atoms with E-state index < -0.39 is 0 Å². The van der Waals surface area contributed by atoms with Crippen molar-refractivity contribution in [2.45, 2.75) is 52.5 Å². The monoisotopic (exact) mass is 339 g/mol. The van der Waals surface area contributed by atoms with Crippen molar-refractivity contribution in [3.05, 3.63) is 22.7 Å². The van der Waals surface area contributed by atoms with Gasteiger partial charge in [0, 0.05) is 22.3 Å². The highest BCUT2D eigenvalue weighted by molar-refractivity contribution is 9.10. The van der Waals surface area contributed by atoms with Gasteiger partial charge in [-0.15, -0.1) is 0 Å². The molecule has 2 rings (SSSR count). The van der Waals surface area contributed by atoms with Gasteiger partial charge in [0.2, 0.25) is 0 Å². The van der Waals surface area contributed by atoms with E-state index in [-0.39, 0.29) is 0 Å². The highest BCUT2D eigenvalue weighted by atomic mass is 79.9. The number of hydrogen-bond acceptors (Lipinski definition) is 2. The fourth-order valence-electron chi connectivity index (χ4n) is 3.10. The predicted molar refractivity (Wildman–Crippen MR) is 89.5 cm³/mol. The number of nitrogens with one attached hydrogen (secondary N) is 1. The maximum absolute atomic E-state index is 5.32. The van der Waals surface area contributed by atoms with Crippen LogP contribution in [0.3, 0.4) is 0 Å². The summed E-state index contributed by atoms with van der Waals surface area (Å²) in [5.41, 5.74) is 1.60. The third-order valence-electron chi connectivity index (χ3n) is 4.43. The fraction of sp³-hybridized carbons (Fsp3) is 0.647. The Balaban J connectivity index is 1.94. The molecule has 0 atom stereocenters. The van der Waals surface area contributed by atoms with Crippen molar-refractivity contribution in [1.82, 2.24) is 0 Å². The molecule has 1 aliphatic rings. The molecule has 0 unspecified atom stereocenters. The molecular weight excluding hydrogens is 314 g/mol. The van der Waals surface area contributed by atoms with Crippen LogP contribution >= 0.6 is 15.9 Å². The quantitative estimate of drug-likeness (QED) is 0.787. The summed E-state index contributed by atoms with van der Waals surface area (Å²) in [4.78, 5) is 0. The molecule has 0 aliphatic heterocycles. The Labute approximate surface area is 131 Å². The molecule has 1 saturated carbocycles. The zero-order valence-corrected chi connectivity index (χ0v) is 14.6.